The van der Waals surface area contributed by atoms with Crippen LogP contribution in [0.15, 0.2) is 61.2 Å². The summed E-state index contributed by atoms with van der Waals surface area (Å²) in [6.45, 7) is 4.18. The molecule has 0 radical (unpaired) electrons. The number of H-pyrrole nitrogens is 1. The number of carbonyl (C=O) groups is 1. The van der Waals surface area contributed by atoms with Gasteiger partial charge in [-0.05, 0) is 56.2 Å². The second-order valence-electron chi connectivity index (χ2n) is 8.23. The number of nitrogens with two attached hydrogens (primary N) is 1. The molecule has 1 amide bonds. The van der Waals surface area contributed by atoms with E-state index in [1.807, 2.05) is 53.5 Å². The number of pyridine rings is 1. The molecule has 1 aromatic carbocycles. The van der Waals surface area contributed by atoms with Gasteiger partial charge >= 0.3 is 0 Å². The Labute approximate surface area is 190 Å². The number of primary amides is 1. The number of hydrogen-bond acceptors (Lipinski definition) is 5. The van der Waals surface area contributed by atoms with E-state index in [2.05, 4.69) is 28.9 Å². The Morgan fingerprint density at radius 1 is 1.15 bits per heavy atom. The third kappa shape index (κ3) is 4.12. The Balaban J connectivity index is 1.51. The van der Waals surface area contributed by atoms with Crippen molar-refractivity contribution in [3.8, 4) is 22.6 Å². The van der Waals surface area contributed by atoms with Gasteiger partial charge < -0.3 is 10.7 Å². The fraction of sp³-hybridized carbons (Fsp3) is 0.208. The first-order chi connectivity index (χ1) is 16.0. The van der Waals surface area contributed by atoms with Crippen LogP contribution >= 0.6 is 0 Å². The van der Waals surface area contributed by atoms with Gasteiger partial charge in [0.1, 0.15) is 17.8 Å². The van der Waals surface area contributed by atoms with Crippen LogP contribution < -0.4 is 5.73 Å². The van der Waals surface area contributed by atoms with Crippen molar-refractivity contribution in [2.75, 3.05) is 0 Å². The fourth-order valence-corrected chi connectivity index (χ4v) is 3.79. The molecule has 9 heteroatoms. The lowest BCUT2D eigenvalue weighted by Gasteiger charge is -2.04. The van der Waals surface area contributed by atoms with Gasteiger partial charge in [0.05, 0.1) is 11.4 Å². The highest BCUT2D eigenvalue weighted by Crippen LogP contribution is 2.30. The van der Waals surface area contributed by atoms with Crippen LogP contribution in [0.25, 0.3) is 28.3 Å². The number of nitrogens with one attached hydrogen (secondary N) is 1. The summed E-state index contributed by atoms with van der Waals surface area (Å²) < 4.78 is 3.66. The van der Waals surface area contributed by atoms with E-state index in [4.69, 9.17) is 15.8 Å². The van der Waals surface area contributed by atoms with E-state index in [1.54, 1.807) is 10.6 Å². The molecule has 0 atom stereocenters. The Hall–Kier alpha value is -4.27. The number of fused-ring (bicyclic) bond motifs is 1. The maximum Gasteiger partial charge on any atom is 0.248 e. The van der Waals surface area contributed by atoms with Gasteiger partial charge in [-0.25, -0.2) is 14.5 Å². The number of nitrogens with zero attached hydrogens (tertiary/aromatic N) is 6. The molecule has 0 saturated heterocycles. The minimum Gasteiger partial charge on any atom is -0.366 e. The van der Waals surface area contributed by atoms with Gasteiger partial charge in [0, 0.05) is 36.0 Å². The topological polar surface area (TPSA) is 120 Å². The minimum atomic E-state index is -0.427. The molecule has 0 aliphatic rings. The smallest absolute Gasteiger partial charge is 0.248 e. The van der Waals surface area contributed by atoms with E-state index in [1.165, 1.54) is 6.33 Å². The molecule has 0 saturated carbocycles. The lowest BCUT2D eigenvalue weighted by molar-refractivity contribution is 0.1000. The average Bonchev–Trinajstić information content (AvgIpc) is 3.56. The van der Waals surface area contributed by atoms with E-state index in [0.717, 1.165) is 46.1 Å². The van der Waals surface area contributed by atoms with Crippen LogP contribution in [0.3, 0.4) is 0 Å². The zero-order valence-electron chi connectivity index (χ0n) is 18.4. The maximum absolute atomic E-state index is 11.5. The number of imidazole rings is 1. The molecule has 4 aromatic heterocycles. The van der Waals surface area contributed by atoms with Crippen LogP contribution in [0.1, 0.15) is 41.6 Å². The van der Waals surface area contributed by atoms with Crippen molar-refractivity contribution in [1.29, 1.82) is 0 Å². The van der Waals surface area contributed by atoms with E-state index < -0.39 is 5.91 Å². The summed E-state index contributed by atoms with van der Waals surface area (Å²) in [5.74, 6) is 0.408. The molecule has 5 aromatic rings. The van der Waals surface area contributed by atoms with Crippen LogP contribution in [0, 0.1) is 0 Å². The Bertz CT molecular complexity index is 1440. The second kappa shape index (κ2) is 8.34. The Morgan fingerprint density at radius 2 is 2.03 bits per heavy atom. The molecule has 0 fully saturated rings. The van der Waals surface area contributed by atoms with Crippen molar-refractivity contribution in [3.05, 3.63) is 78.1 Å². The van der Waals surface area contributed by atoms with Gasteiger partial charge in [0.25, 0.3) is 0 Å². The van der Waals surface area contributed by atoms with Crippen molar-refractivity contribution in [2.24, 2.45) is 5.73 Å². The molecule has 3 N–H and O–H groups in total. The predicted octanol–water partition coefficient (Wildman–Crippen LogP) is 3.45. The number of aromatic nitrogens is 7. The van der Waals surface area contributed by atoms with Crippen molar-refractivity contribution >= 4 is 11.6 Å². The lowest BCUT2D eigenvalue weighted by Crippen LogP contribution is -2.11. The molecule has 5 rings (SSSR count). The normalized spacial score (nSPS) is 11.5. The number of amides is 1. The van der Waals surface area contributed by atoms with E-state index in [-0.39, 0.29) is 6.04 Å². The van der Waals surface area contributed by atoms with Gasteiger partial charge in [0.2, 0.25) is 5.91 Å². The molecule has 9 nitrogen and oxygen atoms in total. The first kappa shape index (κ1) is 20.6. The highest BCUT2D eigenvalue weighted by molar-refractivity contribution is 5.92. The Kier molecular flexibility index (Phi) is 5.21. The third-order valence-corrected chi connectivity index (χ3v) is 5.56. The number of rotatable bonds is 7. The summed E-state index contributed by atoms with van der Waals surface area (Å²) >= 11 is 0. The summed E-state index contributed by atoms with van der Waals surface area (Å²) in [5, 5.41) is 8.99. The van der Waals surface area contributed by atoms with Crippen molar-refractivity contribution in [2.45, 2.75) is 32.7 Å². The average molecular weight is 441 g/mol. The summed E-state index contributed by atoms with van der Waals surface area (Å²) in [7, 11) is 0. The van der Waals surface area contributed by atoms with Gasteiger partial charge in [-0.15, -0.1) is 0 Å². The number of carbonyl (C=O) groups excluding carboxylic acids is 1. The van der Waals surface area contributed by atoms with Gasteiger partial charge in [-0.2, -0.15) is 10.2 Å². The molecule has 4 heterocycles. The maximum atomic E-state index is 11.5. The molecule has 0 aliphatic carbocycles. The summed E-state index contributed by atoms with van der Waals surface area (Å²) in [4.78, 5) is 24.1. The zero-order chi connectivity index (χ0) is 22.9. The molecular weight excluding hydrogens is 416 g/mol. The first-order valence-corrected chi connectivity index (χ1v) is 10.8. The highest BCUT2D eigenvalue weighted by Gasteiger charge is 2.18. The monoisotopic (exact) mass is 440 g/mol. The molecule has 33 heavy (non-hydrogen) atoms. The second-order valence-corrected chi connectivity index (χ2v) is 8.23. The van der Waals surface area contributed by atoms with Crippen molar-refractivity contribution in [3.63, 3.8) is 0 Å². The molecular formula is C24H24N8O. The van der Waals surface area contributed by atoms with E-state index >= 15 is 0 Å². The summed E-state index contributed by atoms with van der Waals surface area (Å²) in [6, 6.07) is 13.5. The standard InChI is InChI=1S/C24H24N8O/c1-15(2)31-11-10-19(30-31)23-22(18-7-9-21-26-14-27-32(21)13-18)28-20(29-23)8-6-16-4-3-5-17(12-16)24(25)33/h3-5,7,9-15H,6,8H2,1-2H3,(H2,25,33)(H,28,29). The van der Waals surface area contributed by atoms with Gasteiger partial charge in [-0.3, -0.25) is 9.48 Å². The van der Waals surface area contributed by atoms with Crippen molar-refractivity contribution < 1.29 is 4.79 Å². The van der Waals surface area contributed by atoms with Gasteiger partial charge in [0.15, 0.2) is 5.65 Å². The summed E-state index contributed by atoms with van der Waals surface area (Å²) in [6.07, 6.45) is 6.81. The highest BCUT2D eigenvalue weighted by atomic mass is 16.1. The number of aryl methyl sites for hydroxylation is 2. The van der Waals surface area contributed by atoms with Crippen LogP contribution in [0.2, 0.25) is 0 Å². The SMILES string of the molecule is CC(C)n1ccc(-c2[nH]c(CCc3cccc(C(N)=O)c3)nc2-c2ccc3ncnn3c2)n1. The lowest BCUT2D eigenvalue weighted by atomic mass is 10.1. The largest absolute Gasteiger partial charge is 0.366 e. The predicted molar refractivity (Wildman–Crippen MR) is 125 cm³/mol. The quantitative estimate of drug-likeness (QED) is 0.402. The van der Waals surface area contributed by atoms with E-state index in [9.17, 15) is 4.79 Å². The molecule has 0 bridgehead atoms. The first-order valence-electron chi connectivity index (χ1n) is 10.8. The summed E-state index contributed by atoms with van der Waals surface area (Å²) in [5.41, 5.74) is 11.1. The van der Waals surface area contributed by atoms with Crippen molar-refractivity contribution in [1.82, 2.24) is 34.3 Å². The van der Waals surface area contributed by atoms with Crippen LogP contribution in [0.4, 0.5) is 0 Å². The molecule has 166 valence electrons. The Morgan fingerprint density at radius 3 is 2.82 bits per heavy atom. The third-order valence-electron chi connectivity index (χ3n) is 5.56. The fourth-order valence-electron chi connectivity index (χ4n) is 3.79. The van der Waals surface area contributed by atoms with Crippen LogP contribution in [-0.2, 0) is 12.8 Å². The van der Waals surface area contributed by atoms with Gasteiger partial charge in [-0.1, -0.05) is 12.1 Å². The molecule has 0 aliphatic heterocycles. The number of aromatic amines is 1. The minimum absolute atomic E-state index is 0.258. The molecule has 0 spiro atoms. The number of hydrogen-bond donors (Lipinski definition) is 2. The van der Waals surface area contributed by atoms with E-state index in [0.29, 0.717) is 12.0 Å². The van der Waals surface area contributed by atoms with Crippen LogP contribution in [0.5, 0.6) is 0 Å². The zero-order valence-corrected chi connectivity index (χ0v) is 18.4. The number of benzene rings is 1. The van der Waals surface area contributed by atoms with Crippen LogP contribution in [-0.4, -0.2) is 40.3 Å². The molecule has 0 unspecified atom stereocenters.